The SMILES string of the molecule is COc1cc(CCCCCC(=O)O)cc(-c2cccc(-c3cccc(OCCCN4[C@H](C)CC[C@H]4C)c3C)c2C)c1. The van der Waals surface area contributed by atoms with E-state index >= 15 is 0 Å². The molecule has 1 fully saturated rings. The zero-order chi connectivity index (χ0) is 29.4. The van der Waals surface area contributed by atoms with E-state index in [4.69, 9.17) is 14.6 Å². The quantitative estimate of drug-likeness (QED) is 0.201. The van der Waals surface area contributed by atoms with Crippen molar-refractivity contribution in [3.8, 4) is 33.8 Å². The fraction of sp³-hybridized carbons (Fsp3) is 0.472. The molecule has 0 saturated carbocycles. The zero-order valence-electron chi connectivity index (χ0n) is 25.5. The molecule has 2 atom stereocenters. The maximum Gasteiger partial charge on any atom is 0.303 e. The Morgan fingerprint density at radius 2 is 1.56 bits per heavy atom. The van der Waals surface area contributed by atoms with Crippen molar-refractivity contribution in [2.75, 3.05) is 20.3 Å². The molecule has 0 radical (unpaired) electrons. The van der Waals surface area contributed by atoms with Crippen molar-refractivity contribution >= 4 is 5.97 Å². The summed E-state index contributed by atoms with van der Waals surface area (Å²) in [5, 5.41) is 8.90. The van der Waals surface area contributed by atoms with Gasteiger partial charge >= 0.3 is 5.97 Å². The average Bonchev–Trinajstić information content (AvgIpc) is 3.28. The molecule has 220 valence electrons. The lowest BCUT2D eigenvalue weighted by Crippen LogP contribution is -2.34. The average molecular weight is 558 g/mol. The van der Waals surface area contributed by atoms with Crippen LogP contribution in [-0.4, -0.2) is 48.3 Å². The number of aliphatic carboxylic acids is 1. The van der Waals surface area contributed by atoms with Gasteiger partial charge in [-0.3, -0.25) is 9.69 Å². The van der Waals surface area contributed by atoms with Crippen molar-refractivity contribution < 1.29 is 19.4 Å². The second-order valence-corrected chi connectivity index (χ2v) is 11.6. The van der Waals surface area contributed by atoms with Gasteiger partial charge < -0.3 is 14.6 Å². The second kappa shape index (κ2) is 14.5. The van der Waals surface area contributed by atoms with Gasteiger partial charge in [-0.15, -0.1) is 0 Å². The Morgan fingerprint density at radius 1 is 0.878 bits per heavy atom. The smallest absolute Gasteiger partial charge is 0.303 e. The number of benzene rings is 3. The van der Waals surface area contributed by atoms with Gasteiger partial charge in [0.25, 0.3) is 0 Å². The van der Waals surface area contributed by atoms with Gasteiger partial charge in [-0.2, -0.15) is 0 Å². The first-order valence-corrected chi connectivity index (χ1v) is 15.3. The summed E-state index contributed by atoms with van der Waals surface area (Å²) in [6.45, 7) is 10.9. The fourth-order valence-electron chi connectivity index (χ4n) is 6.28. The van der Waals surface area contributed by atoms with Crippen molar-refractivity contribution in [3.63, 3.8) is 0 Å². The van der Waals surface area contributed by atoms with Crippen LogP contribution in [0.15, 0.2) is 54.6 Å². The molecule has 0 bridgehead atoms. The summed E-state index contributed by atoms with van der Waals surface area (Å²) >= 11 is 0. The van der Waals surface area contributed by atoms with Crippen molar-refractivity contribution in [1.29, 1.82) is 0 Å². The van der Waals surface area contributed by atoms with Crippen molar-refractivity contribution in [3.05, 3.63) is 71.3 Å². The number of aryl methyl sites for hydroxylation is 1. The van der Waals surface area contributed by atoms with E-state index in [1.807, 2.05) is 0 Å². The highest BCUT2D eigenvalue weighted by molar-refractivity contribution is 5.81. The summed E-state index contributed by atoms with van der Waals surface area (Å²) in [6.07, 6.45) is 7.34. The molecular weight excluding hydrogens is 510 g/mol. The van der Waals surface area contributed by atoms with Crippen LogP contribution in [0.4, 0.5) is 0 Å². The third-order valence-corrected chi connectivity index (χ3v) is 8.73. The van der Waals surface area contributed by atoms with Gasteiger partial charge in [-0.05, 0) is 123 Å². The molecule has 5 heteroatoms. The number of rotatable bonds is 14. The Balaban J connectivity index is 1.49. The Hall–Kier alpha value is -3.31. The number of carboxylic acids is 1. The van der Waals surface area contributed by atoms with E-state index in [-0.39, 0.29) is 6.42 Å². The summed E-state index contributed by atoms with van der Waals surface area (Å²) in [5.74, 6) is 1.08. The summed E-state index contributed by atoms with van der Waals surface area (Å²) in [6, 6.07) is 20.7. The molecule has 3 aromatic rings. The molecule has 0 aromatic heterocycles. The minimum Gasteiger partial charge on any atom is -0.497 e. The van der Waals surface area contributed by atoms with E-state index in [0.29, 0.717) is 18.5 Å². The number of nitrogens with zero attached hydrogens (tertiary/aromatic N) is 1. The van der Waals surface area contributed by atoms with E-state index in [0.717, 1.165) is 55.9 Å². The summed E-state index contributed by atoms with van der Waals surface area (Å²) in [5.41, 5.74) is 8.35. The molecule has 41 heavy (non-hydrogen) atoms. The summed E-state index contributed by atoms with van der Waals surface area (Å²) < 4.78 is 12.0. The van der Waals surface area contributed by atoms with Crippen molar-refractivity contribution in [2.45, 2.75) is 91.1 Å². The number of hydrogen-bond acceptors (Lipinski definition) is 4. The third kappa shape index (κ3) is 7.91. The molecule has 0 unspecified atom stereocenters. The van der Waals surface area contributed by atoms with Crippen molar-refractivity contribution in [2.24, 2.45) is 0 Å². The van der Waals surface area contributed by atoms with Crippen LogP contribution in [0, 0.1) is 13.8 Å². The van der Waals surface area contributed by atoms with Crippen molar-refractivity contribution in [1.82, 2.24) is 4.90 Å². The number of likely N-dealkylation sites (tertiary alicyclic amines) is 1. The molecule has 4 rings (SSSR count). The number of unbranched alkanes of at least 4 members (excludes halogenated alkanes) is 2. The number of methoxy groups -OCH3 is 1. The van der Waals surface area contributed by atoms with E-state index in [2.05, 4.69) is 87.2 Å². The number of carboxylic acid groups (broad SMARTS) is 1. The van der Waals surface area contributed by atoms with Crippen LogP contribution in [0.3, 0.4) is 0 Å². The topological polar surface area (TPSA) is 59.0 Å². The first-order valence-electron chi connectivity index (χ1n) is 15.3. The molecule has 1 heterocycles. The zero-order valence-corrected chi connectivity index (χ0v) is 25.5. The maximum absolute atomic E-state index is 10.8. The normalized spacial score (nSPS) is 17.1. The highest BCUT2D eigenvalue weighted by Gasteiger charge is 2.26. The molecule has 0 aliphatic carbocycles. The lowest BCUT2D eigenvalue weighted by molar-refractivity contribution is -0.137. The van der Waals surface area contributed by atoms with Crippen LogP contribution in [0.2, 0.25) is 0 Å². The first-order chi connectivity index (χ1) is 19.8. The standard InChI is InChI=1S/C36H47NO4/c1-25-18-19-26(2)37(25)20-11-21-41-35-16-10-15-34(28(35)4)33-14-9-13-32(27(33)3)30-22-29(23-31(24-30)40-5)12-7-6-8-17-36(38)39/h9-10,13-16,22-26H,6-8,11-12,17-21H2,1-5H3,(H,38,39)/t25-,26-/m1/s1. The lowest BCUT2D eigenvalue weighted by atomic mass is 9.90. The van der Waals surface area contributed by atoms with E-state index < -0.39 is 5.97 Å². The maximum atomic E-state index is 10.8. The van der Waals surface area contributed by atoms with Gasteiger partial charge in [0.1, 0.15) is 11.5 Å². The van der Waals surface area contributed by atoms with Crippen LogP contribution < -0.4 is 9.47 Å². The minimum atomic E-state index is -0.724. The molecule has 0 spiro atoms. The Bertz CT molecular complexity index is 1310. The molecular formula is C36H47NO4. The first kappa shape index (κ1) is 30.6. The minimum absolute atomic E-state index is 0.234. The van der Waals surface area contributed by atoms with Gasteiger partial charge in [0.15, 0.2) is 0 Å². The van der Waals surface area contributed by atoms with Gasteiger partial charge in [0.2, 0.25) is 0 Å². The Labute approximate surface area is 246 Å². The van der Waals surface area contributed by atoms with Crippen LogP contribution in [0.5, 0.6) is 11.5 Å². The number of hydrogen-bond donors (Lipinski definition) is 1. The highest BCUT2D eigenvalue weighted by Crippen LogP contribution is 2.37. The fourth-order valence-corrected chi connectivity index (χ4v) is 6.28. The monoisotopic (exact) mass is 557 g/mol. The third-order valence-electron chi connectivity index (χ3n) is 8.73. The van der Waals surface area contributed by atoms with Gasteiger partial charge in [0.05, 0.1) is 13.7 Å². The van der Waals surface area contributed by atoms with E-state index in [1.165, 1.54) is 46.2 Å². The largest absolute Gasteiger partial charge is 0.497 e. The lowest BCUT2D eigenvalue weighted by Gasteiger charge is -2.25. The van der Waals surface area contributed by atoms with E-state index in [1.54, 1.807) is 7.11 Å². The molecule has 1 N–H and O–H groups in total. The van der Waals surface area contributed by atoms with Crippen LogP contribution in [0.25, 0.3) is 22.3 Å². The van der Waals surface area contributed by atoms with Gasteiger partial charge in [0, 0.05) is 25.0 Å². The predicted octanol–water partition coefficient (Wildman–Crippen LogP) is 8.48. The molecule has 1 aliphatic heterocycles. The van der Waals surface area contributed by atoms with Crippen LogP contribution in [-0.2, 0) is 11.2 Å². The molecule has 3 aromatic carbocycles. The molecule has 0 amide bonds. The molecule has 1 saturated heterocycles. The van der Waals surface area contributed by atoms with Crippen LogP contribution >= 0.6 is 0 Å². The summed E-state index contributed by atoms with van der Waals surface area (Å²) in [4.78, 5) is 13.4. The number of ether oxygens (including phenoxy) is 2. The van der Waals surface area contributed by atoms with Crippen LogP contribution in [0.1, 0.15) is 75.5 Å². The number of carbonyl (C=O) groups is 1. The Morgan fingerprint density at radius 3 is 2.27 bits per heavy atom. The molecule has 1 aliphatic rings. The van der Waals surface area contributed by atoms with Gasteiger partial charge in [-0.1, -0.05) is 42.8 Å². The predicted molar refractivity (Wildman–Crippen MR) is 168 cm³/mol. The Kier molecular flexibility index (Phi) is 10.9. The highest BCUT2D eigenvalue weighted by atomic mass is 16.5. The second-order valence-electron chi connectivity index (χ2n) is 11.6. The van der Waals surface area contributed by atoms with E-state index in [9.17, 15) is 4.79 Å². The summed E-state index contributed by atoms with van der Waals surface area (Å²) in [7, 11) is 1.71. The molecule has 5 nitrogen and oxygen atoms in total. The van der Waals surface area contributed by atoms with Gasteiger partial charge in [-0.25, -0.2) is 0 Å².